The van der Waals surface area contributed by atoms with Gasteiger partial charge in [-0.05, 0) is 23.6 Å². The van der Waals surface area contributed by atoms with E-state index in [0.29, 0.717) is 11.3 Å². The van der Waals surface area contributed by atoms with Crippen LogP contribution >= 0.6 is 0 Å². The number of hydrogen-bond donors (Lipinski definition) is 2. The van der Waals surface area contributed by atoms with Gasteiger partial charge < -0.3 is 5.73 Å². The number of benzene rings is 2. The number of sulfonamides is 1. The van der Waals surface area contributed by atoms with Crippen molar-refractivity contribution in [2.45, 2.75) is 24.1 Å². The Kier molecular flexibility index (Phi) is 3.69. The monoisotopic (exact) mass is 302 g/mol. The molecule has 4 nitrogen and oxygen atoms in total. The van der Waals surface area contributed by atoms with Crippen LogP contribution in [0.4, 0.5) is 5.69 Å². The van der Waals surface area contributed by atoms with Gasteiger partial charge in [0.2, 0.25) is 10.0 Å². The maximum Gasteiger partial charge on any atom is 0.216 e. The SMILES string of the molecule is Nc1ccccc1CS(=O)(=O)NC1CC1c1ccccc1. The molecule has 2 atom stereocenters. The van der Waals surface area contributed by atoms with Crippen LogP contribution in [-0.2, 0) is 15.8 Å². The highest BCUT2D eigenvalue weighted by atomic mass is 32.2. The zero-order valence-electron chi connectivity index (χ0n) is 11.6. The molecule has 110 valence electrons. The standard InChI is InChI=1S/C16H18N2O2S/c17-15-9-5-4-8-13(15)11-21(19,20)18-16-10-14(16)12-6-2-1-3-7-12/h1-9,14,16,18H,10-11,17H2. The molecule has 0 amide bonds. The van der Waals surface area contributed by atoms with Crippen molar-refractivity contribution in [3.8, 4) is 0 Å². The van der Waals surface area contributed by atoms with Gasteiger partial charge in [-0.3, -0.25) is 0 Å². The first-order valence-electron chi connectivity index (χ1n) is 6.93. The summed E-state index contributed by atoms with van der Waals surface area (Å²) in [5, 5.41) is 0. The molecule has 1 saturated carbocycles. The molecule has 0 saturated heterocycles. The fourth-order valence-electron chi connectivity index (χ4n) is 2.54. The lowest BCUT2D eigenvalue weighted by Crippen LogP contribution is -2.28. The van der Waals surface area contributed by atoms with Crippen molar-refractivity contribution in [3.63, 3.8) is 0 Å². The molecular formula is C16H18N2O2S. The number of anilines is 1. The van der Waals surface area contributed by atoms with Crippen LogP contribution in [0.5, 0.6) is 0 Å². The summed E-state index contributed by atoms with van der Waals surface area (Å²) in [6.07, 6.45) is 0.855. The normalized spacial score (nSPS) is 21.1. The minimum atomic E-state index is -3.36. The first-order valence-corrected chi connectivity index (χ1v) is 8.59. The van der Waals surface area contributed by atoms with Gasteiger partial charge >= 0.3 is 0 Å². The van der Waals surface area contributed by atoms with Crippen molar-refractivity contribution in [1.82, 2.24) is 4.72 Å². The molecule has 0 aromatic heterocycles. The highest BCUT2D eigenvalue weighted by Gasteiger charge is 2.40. The molecule has 3 rings (SSSR count). The quantitative estimate of drug-likeness (QED) is 0.832. The summed E-state index contributed by atoms with van der Waals surface area (Å²) in [6, 6.07) is 17.0. The second kappa shape index (κ2) is 5.50. The first-order chi connectivity index (χ1) is 10.1. The zero-order valence-corrected chi connectivity index (χ0v) is 12.4. The van der Waals surface area contributed by atoms with E-state index < -0.39 is 10.0 Å². The lowest BCUT2D eigenvalue weighted by atomic mass is 10.1. The van der Waals surface area contributed by atoms with Crippen LogP contribution < -0.4 is 10.5 Å². The summed E-state index contributed by atoms with van der Waals surface area (Å²) < 4.78 is 27.2. The van der Waals surface area contributed by atoms with Crippen molar-refractivity contribution in [2.75, 3.05) is 5.73 Å². The van der Waals surface area contributed by atoms with Gasteiger partial charge in [0.1, 0.15) is 0 Å². The van der Waals surface area contributed by atoms with E-state index in [0.717, 1.165) is 6.42 Å². The number of rotatable bonds is 5. The number of hydrogen-bond acceptors (Lipinski definition) is 3. The van der Waals surface area contributed by atoms with Gasteiger partial charge in [0, 0.05) is 17.6 Å². The van der Waals surface area contributed by atoms with Gasteiger partial charge in [-0.25, -0.2) is 13.1 Å². The third kappa shape index (κ3) is 3.43. The number of para-hydroxylation sites is 1. The highest BCUT2D eigenvalue weighted by molar-refractivity contribution is 7.88. The first kappa shape index (κ1) is 14.1. The van der Waals surface area contributed by atoms with Crippen molar-refractivity contribution < 1.29 is 8.42 Å². The molecule has 2 unspecified atom stereocenters. The number of nitrogen functional groups attached to an aromatic ring is 1. The molecule has 3 N–H and O–H groups in total. The molecule has 1 aliphatic carbocycles. The Labute approximate surface area is 125 Å². The molecule has 5 heteroatoms. The van der Waals surface area contributed by atoms with E-state index in [9.17, 15) is 8.42 Å². The lowest BCUT2D eigenvalue weighted by molar-refractivity contribution is 0.579. The smallest absolute Gasteiger partial charge is 0.216 e. The van der Waals surface area contributed by atoms with Gasteiger partial charge in [0.25, 0.3) is 0 Å². The summed E-state index contributed by atoms with van der Waals surface area (Å²) in [4.78, 5) is 0. The van der Waals surface area contributed by atoms with Crippen LogP contribution in [0.3, 0.4) is 0 Å². The molecule has 0 radical (unpaired) electrons. The Balaban J connectivity index is 1.65. The van der Waals surface area contributed by atoms with E-state index in [-0.39, 0.29) is 17.7 Å². The van der Waals surface area contributed by atoms with Crippen LogP contribution in [0.1, 0.15) is 23.5 Å². The topological polar surface area (TPSA) is 72.2 Å². The van der Waals surface area contributed by atoms with Crippen LogP contribution in [0, 0.1) is 0 Å². The van der Waals surface area contributed by atoms with E-state index in [1.807, 2.05) is 30.3 Å². The average molecular weight is 302 g/mol. The third-order valence-corrected chi connectivity index (χ3v) is 5.10. The molecule has 1 fully saturated rings. The zero-order chi connectivity index (χ0) is 14.9. The lowest BCUT2D eigenvalue weighted by Gasteiger charge is -2.08. The Hall–Kier alpha value is -1.85. The van der Waals surface area contributed by atoms with E-state index >= 15 is 0 Å². The number of nitrogens with two attached hydrogens (primary N) is 1. The molecule has 0 heterocycles. The van der Waals surface area contributed by atoms with Crippen molar-refractivity contribution in [3.05, 3.63) is 65.7 Å². The van der Waals surface area contributed by atoms with Crippen LogP contribution in [-0.4, -0.2) is 14.5 Å². The Morgan fingerprint density at radius 1 is 1.05 bits per heavy atom. The van der Waals surface area contributed by atoms with E-state index in [1.54, 1.807) is 24.3 Å². The van der Waals surface area contributed by atoms with Crippen LogP contribution in [0.2, 0.25) is 0 Å². The molecule has 0 bridgehead atoms. The largest absolute Gasteiger partial charge is 0.398 e. The van der Waals surface area contributed by atoms with Crippen molar-refractivity contribution in [2.24, 2.45) is 0 Å². The van der Waals surface area contributed by atoms with E-state index in [4.69, 9.17) is 5.73 Å². The number of nitrogens with one attached hydrogen (secondary N) is 1. The summed E-state index contributed by atoms with van der Waals surface area (Å²) in [7, 11) is -3.36. The maximum absolute atomic E-state index is 12.2. The Morgan fingerprint density at radius 3 is 2.43 bits per heavy atom. The van der Waals surface area contributed by atoms with Gasteiger partial charge in [-0.2, -0.15) is 0 Å². The average Bonchev–Trinajstić information content (AvgIpc) is 3.20. The second-order valence-corrected chi connectivity index (χ2v) is 7.19. The molecule has 0 aliphatic heterocycles. The highest BCUT2D eigenvalue weighted by Crippen LogP contribution is 2.41. The summed E-state index contributed by atoms with van der Waals surface area (Å²) in [6.45, 7) is 0. The minimum Gasteiger partial charge on any atom is -0.398 e. The fourth-order valence-corrected chi connectivity index (χ4v) is 4.01. The fraction of sp³-hybridized carbons (Fsp3) is 0.250. The molecule has 2 aromatic rings. The molecule has 2 aromatic carbocycles. The molecule has 21 heavy (non-hydrogen) atoms. The molecule has 1 aliphatic rings. The summed E-state index contributed by atoms with van der Waals surface area (Å²) in [5.41, 5.74) is 8.14. The van der Waals surface area contributed by atoms with Crippen molar-refractivity contribution >= 4 is 15.7 Å². The van der Waals surface area contributed by atoms with Crippen LogP contribution in [0.15, 0.2) is 54.6 Å². The summed E-state index contributed by atoms with van der Waals surface area (Å²) in [5.74, 6) is 0.214. The Morgan fingerprint density at radius 2 is 1.71 bits per heavy atom. The van der Waals surface area contributed by atoms with Gasteiger partial charge in [-0.15, -0.1) is 0 Å². The molecular weight excluding hydrogens is 284 g/mol. The van der Waals surface area contributed by atoms with Crippen molar-refractivity contribution in [1.29, 1.82) is 0 Å². The van der Waals surface area contributed by atoms with Crippen LogP contribution in [0.25, 0.3) is 0 Å². The maximum atomic E-state index is 12.2. The van der Waals surface area contributed by atoms with Gasteiger partial charge in [0.05, 0.1) is 5.75 Å². The van der Waals surface area contributed by atoms with E-state index in [2.05, 4.69) is 4.72 Å². The minimum absolute atomic E-state index is 0.00216. The van der Waals surface area contributed by atoms with E-state index in [1.165, 1.54) is 5.56 Å². The molecule has 0 spiro atoms. The predicted octanol–water partition coefficient (Wildman–Crippen LogP) is 2.24. The predicted molar refractivity (Wildman–Crippen MR) is 84.2 cm³/mol. The van der Waals surface area contributed by atoms with Gasteiger partial charge in [-0.1, -0.05) is 48.5 Å². The Bertz CT molecular complexity index is 729. The second-order valence-electron chi connectivity index (χ2n) is 5.44. The van der Waals surface area contributed by atoms with Gasteiger partial charge in [0.15, 0.2) is 0 Å². The summed E-state index contributed by atoms with van der Waals surface area (Å²) >= 11 is 0. The third-order valence-electron chi connectivity index (χ3n) is 3.75.